The van der Waals surface area contributed by atoms with Crippen LogP contribution in [0.2, 0.25) is 0 Å². The number of benzene rings is 1. The van der Waals surface area contributed by atoms with E-state index in [4.69, 9.17) is 4.74 Å². The van der Waals surface area contributed by atoms with Crippen molar-refractivity contribution in [1.82, 2.24) is 9.80 Å². The zero-order valence-electron chi connectivity index (χ0n) is 14.2. The molecular weight excluding hydrogens is 346 g/mol. The molecule has 2 fully saturated rings. The van der Waals surface area contributed by atoms with Crippen molar-refractivity contribution in [3.05, 3.63) is 23.8 Å². The van der Waals surface area contributed by atoms with E-state index in [1.54, 1.807) is 23.1 Å². The third-order valence-corrected chi connectivity index (χ3v) is 5.82. The minimum Gasteiger partial charge on any atom is -0.495 e. The molecule has 1 N–H and O–H groups in total. The number of amides is 3. The number of ether oxygens (including phenoxy) is 1. The second-order valence-electron chi connectivity index (χ2n) is 6.10. The molecule has 3 amide bonds. The molecule has 0 aliphatic carbocycles. The van der Waals surface area contributed by atoms with Crippen molar-refractivity contribution in [3.63, 3.8) is 0 Å². The lowest BCUT2D eigenvalue weighted by atomic mass is 10.1. The van der Waals surface area contributed by atoms with Gasteiger partial charge in [-0.15, -0.1) is 0 Å². The van der Waals surface area contributed by atoms with Crippen LogP contribution in [0.4, 0.5) is 10.5 Å². The molecule has 136 valence electrons. The molecule has 3 rings (SSSR count). The summed E-state index contributed by atoms with van der Waals surface area (Å²) in [6, 6.07) is 4.31. The van der Waals surface area contributed by atoms with E-state index in [9.17, 15) is 18.0 Å². The van der Waals surface area contributed by atoms with E-state index in [0.29, 0.717) is 30.0 Å². The monoisotopic (exact) mass is 367 g/mol. The number of sulfonamides is 1. The van der Waals surface area contributed by atoms with Crippen LogP contribution in [0.15, 0.2) is 18.2 Å². The van der Waals surface area contributed by atoms with E-state index in [1.807, 2.05) is 0 Å². The van der Waals surface area contributed by atoms with Crippen molar-refractivity contribution in [2.75, 3.05) is 24.1 Å². The number of carbonyl (C=O) groups is 2. The van der Waals surface area contributed by atoms with Gasteiger partial charge in [0.2, 0.25) is 10.0 Å². The maximum absolute atomic E-state index is 12.4. The average molecular weight is 367 g/mol. The van der Waals surface area contributed by atoms with Crippen LogP contribution in [0.3, 0.4) is 0 Å². The quantitative estimate of drug-likeness (QED) is 0.767. The van der Waals surface area contributed by atoms with Gasteiger partial charge in [0.1, 0.15) is 11.8 Å². The number of anilines is 1. The van der Waals surface area contributed by atoms with Crippen molar-refractivity contribution in [1.29, 1.82) is 0 Å². The maximum atomic E-state index is 12.4. The lowest BCUT2D eigenvalue weighted by Gasteiger charge is -2.17. The Morgan fingerprint density at radius 3 is 2.72 bits per heavy atom. The third kappa shape index (κ3) is 3.28. The summed E-state index contributed by atoms with van der Waals surface area (Å²) >= 11 is 0. The topological polar surface area (TPSA) is 96.0 Å². The van der Waals surface area contributed by atoms with Crippen LogP contribution in [0.5, 0.6) is 5.75 Å². The van der Waals surface area contributed by atoms with Crippen molar-refractivity contribution in [3.8, 4) is 5.75 Å². The van der Waals surface area contributed by atoms with Crippen LogP contribution >= 0.6 is 0 Å². The average Bonchev–Trinajstić information content (AvgIpc) is 3.15. The van der Waals surface area contributed by atoms with Crippen molar-refractivity contribution < 1.29 is 22.7 Å². The van der Waals surface area contributed by atoms with E-state index >= 15 is 0 Å². The number of methoxy groups -OCH3 is 1. The normalized spacial score (nSPS) is 20.2. The summed E-state index contributed by atoms with van der Waals surface area (Å²) in [4.78, 5) is 27.6. The zero-order chi connectivity index (χ0) is 18.2. The van der Waals surface area contributed by atoms with Crippen molar-refractivity contribution in [2.24, 2.45) is 0 Å². The van der Waals surface area contributed by atoms with Gasteiger partial charge in [0, 0.05) is 6.54 Å². The van der Waals surface area contributed by atoms with Gasteiger partial charge in [0.05, 0.1) is 25.1 Å². The highest BCUT2D eigenvalue weighted by atomic mass is 32.2. The summed E-state index contributed by atoms with van der Waals surface area (Å²) in [5.41, 5.74) is 0.943. The highest BCUT2D eigenvalue weighted by molar-refractivity contribution is 7.92. The summed E-state index contributed by atoms with van der Waals surface area (Å²) < 4.78 is 31.3. The first-order chi connectivity index (χ1) is 11.9. The van der Waals surface area contributed by atoms with Gasteiger partial charge < -0.3 is 9.64 Å². The molecule has 9 heteroatoms. The molecule has 8 nitrogen and oxygen atoms in total. The number of urea groups is 1. The lowest BCUT2D eigenvalue weighted by Crippen LogP contribution is -2.32. The molecule has 1 aromatic carbocycles. The molecule has 2 aliphatic heterocycles. The minimum atomic E-state index is -3.47. The second-order valence-corrected chi connectivity index (χ2v) is 8.11. The van der Waals surface area contributed by atoms with Crippen LogP contribution in [0, 0.1) is 0 Å². The predicted octanol–water partition coefficient (Wildman–Crippen LogP) is 1.38. The van der Waals surface area contributed by atoms with Gasteiger partial charge >= 0.3 is 6.03 Å². The first-order valence-corrected chi connectivity index (χ1v) is 9.81. The fraction of sp³-hybridized carbons (Fsp3) is 0.500. The summed E-state index contributed by atoms with van der Waals surface area (Å²) in [6.07, 6.45) is 1.55. The van der Waals surface area contributed by atoms with Crippen LogP contribution in [-0.4, -0.2) is 55.6 Å². The van der Waals surface area contributed by atoms with Crippen molar-refractivity contribution >= 4 is 27.6 Å². The summed E-state index contributed by atoms with van der Waals surface area (Å²) in [6.45, 7) is 2.25. The Morgan fingerprint density at radius 1 is 1.32 bits per heavy atom. The first kappa shape index (κ1) is 17.5. The Balaban J connectivity index is 1.84. The Hall–Kier alpha value is -2.29. The Labute approximate surface area is 146 Å². The number of rotatable bonds is 6. The van der Waals surface area contributed by atoms with Crippen LogP contribution < -0.4 is 9.46 Å². The predicted molar refractivity (Wildman–Crippen MR) is 91.8 cm³/mol. The van der Waals surface area contributed by atoms with Crippen LogP contribution in [-0.2, 0) is 21.4 Å². The summed E-state index contributed by atoms with van der Waals surface area (Å²) in [7, 11) is -2.02. The number of hydrogen-bond acceptors (Lipinski definition) is 5. The lowest BCUT2D eigenvalue weighted by molar-refractivity contribution is -0.128. The second kappa shape index (κ2) is 6.55. The van der Waals surface area contributed by atoms with E-state index in [0.717, 1.165) is 6.42 Å². The van der Waals surface area contributed by atoms with Gasteiger partial charge in [0.15, 0.2) is 0 Å². The van der Waals surface area contributed by atoms with Gasteiger partial charge in [-0.25, -0.2) is 13.2 Å². The standard InChI is InChI=1S/C16H21N3O5S/c1-3-25(22,23)17-12-9-11(6-7-14(12)24-2)10-19-15(20)13-5-4-8-18(13)16(19)21/h6-7,9,13,17H,3-5,8,10H2,1-2H3. The number of fused-ring (bicyclic) bond motifs is 1. The van der Waals surface area contributed by atoms with Crippen LogP contribution in [0.1, 0.15) is 25.3 Å². The van der Waals surface area contributed by atoms with E-state index in [-0.39, 0.29) is 30.3 Å². The van der Waals surface area contributed by atoms with Gasteiger partial charge in [-0.2, -0.15) is 0 Å². The van der Waals surface area contributed by atoms with Gasteiger partial charge in [-0.05, 0) is 37.5 Å². The molecule has 0 saturated carbocycles. The molecular formula is C16H21N3O5S. The largest absolute Gasteiger partial charge is 0.495 e. The fourth-order valence-corrected chi connectivity index (χ4v) is 3.82. The van der Waals surface area contributed by atoms with Gasteiger partial charge in [-0.3, -0.25) is 14.4 Å². The number of carbonyl (C=O) groups excluding carboxylic acids is 2. The molecule has 1 aromatic rings. The first-order valence-electron chi connectivity index (χ1n) is 8.15. The Bertz CT molecular complexity index is 786. The molecule has 0 aromatic heterocycles. The summed E-state index contributed by atoms with van der Waals surface area (Å²) in [5, 5.41) is 0. The highest BCUT2D eigenvalue weighted by Gasteiger charge is 2.47. The SMILES string of the molecule is CCS(=O)(=O)Nc1cc(CN2C(=O)C3CCCN3C2=O)ccc1OC. The molecule has 1 atom stereocenters. The van der Waals surface area contributed by atoms with Gasteiger partial charge in [-0.1, -0.05) is 6.07 Å². The van der Waals surface area contributed by atoms with E-state index in [2.05, 4.69) is 4.72 Å². The number of imide groups is 1. The maximum Gasteiger partial charge on any atom is 0.327 e. The zero-order valence-corrected chi connectivity index (χ0v) is 15.0. The Kier molecular flexibility index (Phi) is 4.59. The molecule has 0 spiro atoms. The molecule has 2 saturated heterocycles. The third-order valence-electron chi connectivity index (χ3n) is 4.53. The van der Waals surface area contributed by atoms with E-state index < -0.39 is 10.0 Å². The fourth-order valence-electron chi connectivity index (χ4n) is 3.18. The molecule has 0 bridgehead atoms. The minimum absolute atomic E-state index is 0.0693. The molecule has 2 heterocycles. The van der Waals surface area contributed by atoms with E-state index in [1.165, 1.54) is 18.9 Å². The number of nitrogens with zero attached hydrogens (tertiary/aromatic N) is 2. The van der Waals surface area contributed by atoms with Crippen LogP contribution in [0.25, 0.3) is 0 Å². The number of hydrogen-bond donors (Lipinski definition) is 1. The molecule has 0 radical (unpaired) electrons. The summed E-state index contributed by atoms with van der Waals surface area (Å²) in [5.74, 6) is 0.120. The number of nitrogens with one attached hydrogen (secondary N) is 1. The van der Waals surface area contributed by atoms with Gasteiger partial charge in [0.25, 0.3) is 5.91 Å². The highest BCUT2D eigenvalue weighted by Crippen LogP contribution is 2.31. The molecule has 1 unspecified atom stereocenters. The smallest absolute Gasteiger partial charge is 0.327 e. The van der Waals surface area contributed by atoms with Crippen molar-refractivity contribution in [2.45, 2.75) is 32.4 Å². The molecule has 25 heavy (non-hydrogen) atoms. The Morgan fingerprint density at radius 2 is 2.08 bits per heavy atom. The molecule has 2 aliphatic rings.